The van der Waals surface area contributed by atoms with Crippen molar-refractivity contribution in [2.45, 2.75) is 19.3 Å². The summed E-state index contributed by atoms with van der Waals surface area (Å²) in [6, 6.07) is 65.5. The van der Waals surface area contributed by atoms with Crippen LogP contribution in [0.4, 0.5) is 17.1 Å². The minimum absolute atomic E-state index is 0.245. The van der Waals surface area contributed by atoms with Crippen molar-refractivity contribution in [3.63, 3.8) is 0 Å². The van der Waals surface area contributed by atoms with E-state index < -0.39 is 0 Å². The highest BCUT2D eigenvalue weighted by Gasteiger charge is 2.40. The Hall–Kier alpha value is -6.22. The van der Waals surface area contributed by atoms with Crippen LogP contribution in [0.5, 0.6) is 0 Å². The molecule has 0 atom stereocenters. The Labute approximate surface area is 313 Å². The van der Waals surface area contributed by atoms with Crippen molar-refractivity contribution in [3.8, 4) is 22.3 Å². The molecule has 9 aromatic carbocycles. The highest BCUT2D eigenvalue weighted by atomic mass is 32.1. The van der Waals surface area contributed by atoms with Crippen LogP contribution in [0.25, 0.3) is 74.7 Å². The number of anilines is 3. The van der Waals surface area contributed by atoms with Crippen LogP contribution in [-0.2, 0) is 5.41 Å². The molecule has 0 spiro atoms. The quantitative estimate of drug-likeness (QED) is 0.177. The first-order chi connectivity index (χ1) is 26.1. The largest absolute Gasteiger partial charge is 0.309 e. The van der Waals surface area contributed by atoms with Gasteiger partial charge in [-0.15, -0.1) is 11.3 Å². The maximum atomic E-state index is 2.61. The molecule has 1 aromatic heterocycles. The average molecular weight is 694 g/mol. The number of rotatable bonds is 4. The normalized spacial score (nSPS) is 13.2. The fraction of sp³-hybridized carbons (Fsp3) is 0.0588. The van der Waals surface area contributed by atoms with Crippen molar-refractivity contribution in [2.75, 3.05) is 4.90 Å². The SMILES string of the molecule is CC1(C)c2cc3ccccc3cc2-c2cccc(N(c3ccc4ccccc4c3-c3cccc4ccccc34)c3cccc4sc5ccccc5c34)c21. The third-order valence-electron chi connectivity index (χ3n) is 11.6. The first kappa shape index (κ1) is 30.4. The Kier molecular flexibility index (Phi) is 6.53. The van der Waals surface area contributed by atoms with E-state index in [0.717, 1.165) is 0 Å². The molecule has 0 fully saturated rings. The average Bonchev–Trinajstić information content (AvgIpc) is 3.69. The summed E-state index contributed by atoms with van der Waals surface area (Å²) in [5.74, 6) is 0. The van der Waals surface area contributed by atoms with Crippen molar-refractivity contribution in [1.82, 2.24) is 0 Å². The van der Waals surface area contributed by atoms with Crippen LogP contribution in [0.3, 0.4) is 0 Å². The maximum Gasteiger partial charge on any atom is 0.0555 e. The van der Waals surface area contributed by atoms with Gasteiger partial charge in [0, 0.05) is 31.2 Å². The van der Waals surface area contributed by atoms with E-state index in [9.17, 15) is 0 Å². The first-order valence-electron chi connectivity index (χ1n) is 18.4. The predicted octanol–water partition coefficient (Wildman–Crippen LogP) is 15.0. The highest BCUT2D eigenvalue weighted by molar-refractivity contribution is 7.26. The molecule has 250 valence electrons. The molecule has 10 aromatic rings. The second-order valence-corrected chi connectivity index (χ2v) is 15.9. The molecule has 0 saturated heterocycles. The fourth-order valence-corrected chi connectivity index (χ4v) is 10.4. The molecule has 1 aliphatic rings. The molecule has 11 rings (SSSR count). The number of nitrogens with zero attached hydrogens (tertiary/aromatic N) is 1. The monoisotopic (exact) mass is 693 g/mol. The van der Waals surface area contributed by atoms with Gasteiger partial charge in [0.15, 0.2) is 0 Å². The lowest BCUT2D eigenvalue weighted by Gasteiger charge is -2.34. The molecule has 0 radical (unpaired) electrons. The molecule has 1 nitrogen and oxygen atoms in total. The van der Waals surface area contributed by atoms with E-state index in [1.54, 1.807) is 0 Å². The molecule has 0 saturated carbocycles. The molecule has 0 N–H and O–H groups in total. The Bertz CT molecular complexity index is 3100. The molecule has 0 bridgehead atoms. The lowest BCUT2D eigenvalue weighted by Crippen LogP contribution is -2.21. The molecule has 1 aliphatic carbocycles. The lowest BCUT2D eigenvalue weighted by atomic mass is 9.80. The van der Waals surface area contributed by atoms with Gasteiger partial charge in [-0.25, -0.2) is 0 Å². The molecule has 0 aliphatic heterocycles. The zero-order valence-electron chi connectivity index (χ0n) is 29.6. The van der Waals surface area contributed by atoms with Gasteiger partial charge < -0.3 is 4.90 Å². The van der Waals surface area contributed by atoms with Gasteiger partial charge in [-0.1, -0.05) is 147 Å². The summed E-state index contributed by atoms with van der Waals surface area (Å²) in [6.07, 6.45) is 0. The second kappa shape index (κ2) is 11.4. The zero-order chi connectivity index (χ0) is 35.3. The molecule has 1 heterocycles. The number of hydrogen-bond acceptors (Lipinski definition) is 2. The Balaban J connectivity index is 1.30. The lowest BCUT2D eigenvalue weighted by molar-refractivity contribution is 0.661. The van der Waals surface area contributed by atoms with E-state index in [-0.39, 0.29) is 5.41 Å². The van der Waals surface area contributed by atoms with Gasteiger partial charge in [-0.05, 0) is 103 Å². The summed E-state index contributed by atoms with van der Waals surface area (Å²) in [7, 11) is 0. The van der Waals surface area contributed by atoms with E-state index in [1.807, 2.05) is 11.3 Å². The molecular weight excluding hydrogens is 659 g/mol. The van der Waals surface area contributed by atoms with E-state index in [2.05, 4.69) is 195 Å². The minimum atomic E-state index is -0.245. The number of thiophene rings is 1. The van der Waals surface area contributed by atoms with Crippen molar-refractivity contribution in [1.29, 1.82) is 0 Å². The van der Waals surface area contributed by atoms with Gasteiger partial charge in [-0.3, -0.25) is 0 Å². The highest BCUT2D eigenvalue weighted by Crippen LogP contribution is 2.57. The maximum absolute atomic E-state index is 2.61. The van der Waals surface area contributed by atoms with Gasteiger partial charge in [0.1, 0.15) is 0 Å². The van der Waals surface area contributed by atoms with Crippen LogP contribution in [0.15, 0.2) is 176 Å². The van der Waals surface area contributed by atoms with Crippen LogP contribution in [-0.4, -0.2) is 0 Å². The summed E-state index contributed by atoms with van der Waals surface area (Å²) in [5, 5.41) is 10.1. The zero-order valence-corrected chi connectivity index (χ0v) is 30.4. The van der Waals surface area contributed by atoms with E-state index in [0.29, 0.717) is 0 Å². The van der Waals surface area contributed by atoms with Crippen LogP contribution in [0.1, 0.15) is 25.0 Å². The summed E-state index contributed by atoms with van der Waals surface area (Å²) < 4.78 is 2.60. The van der Waals surface area contributed by atoms with Gasteiger partial charge in [0.25, 0.3) is 0 Å². The molecule has 0 unspecified atom stereocenters. The smallest absolute Gasteiger partial charge is 0.0555 e. The van der Waals surface area contributed by atoms with E-state index in [4.69, 9.17) is 0 Å². The molecular formula is C51H35NS. The topological polar surface area (TPSA) is 3.24 Å². The predicted molar refractivity (Wildman–Crippen MR) is 230 cm³/mol. The summed E-state index contributed by atoms with van der Waals surface area (Å²) in [5.41, 5.74) is 11.2. The molecule has 53 heavy (non-hydrogen) atoms. The van der Waals surface area contributed by atoms with Crippen molar-refractivity contribution in [2.24, 2.45) is 0 Å². The Morgan fingerprint density at radius 3 is 1.83 bits per heavy atom. The molecule has 2 heteroatoms. The first-order valence-corrected chi connectivity index (χ1v) is 19.3. The number of hydrogen-bond donors (Lipinski definition) is 0. The van der Waals surface area contributed by atoms with Crippen LogP contribution < -0.4 is 4.90 Å². The van der Waals surface area contributed by atoms with Crippen molar-refractivity contribution >= 4 is 80.9 Å². The van der Waals surface area contributed by atoms with E-state index >= 15 is 0 Å². The number of benzene rings is 9. The Morgan fingerprint density at radius 2 is 1.00 bits per heavy atom. The van der Waals surface area contributed by atoms with Gasteiger partial charge >= 0.3 is 0 Å². The van der Waals surface area contributed by atoms with Crippen LogP contribution in [0, 0.1) is 0 Å². The standard InChI is InChI=1S/C51H35NS/c1-51(2)42-31-35-17-4-3-16-34(35)30-41(42)39-23-12-25-45(50(39)51)52(43-24-13-27-47-49(43)40-21-9-10-26-46(40)53-47)44-29-28-33-15-6-8-20-37(33)48(44)38-22-11-18-32-14-5-7-19-36(32)38/h3-31H,1-2H3. The van der Waals surface area contributed by atoms with Crippen LogP contribution >= 0.6 is 11.3 Å². The van der Waals surface area contributed by atoms with Gasteiger partial charge in [-0.2, -0.15) is 0 Å². The van der Waals surface area contributed by atoms with Gasteiger partial charge in [0.05, 0.1) is 17.1 Å². The fourth-order valence-electron chi connectivity index (χ4n) is 9.23. The summed E-state index contributed by atoms with van der Waals surface area (Å²) >= 11 is 1.88. The summed E-state index contributed by atoms with van der Waals surface area (Å²) in [6.45, 7) is 4.83. The van der Waals surface area contributed by atoms with Crippen molar-refractivity contribution < 1.29 is 0 Å². The van der Waals surface area contributed by atoms with Crippen molar-refractivity contribution in [3.05, 3.63) is 187 Å². The van der Waals surface area contributed by atoms with Crippen LogP contribution in [0.2, 0.25) is 0 Å². The number of fused-ring (bicyclic) bond motifs is 9. The van der Waals surface area contributed by atoms with Gasteiger partial charge in [0.2, 0.25) is 0 Å². The second-order valence-electron chi connectivity index (χ2n) is 14.9. The third kappa shape index (κ3) is 4.43. The van der Waals surface area contributed by atoms with E-state index in [1.165, 1.54) is 103 Å². The third-order valence-corrected chi connectivity index (χ3v) is 12.7. The molecule has 0 amide bonds. The summed E-state index contributed by atoms with van der Waals surface area (Å²) in [4.78, 5) is 2.61. The Morgan fingerprint density at radius 1 is 0.415 bits per heavy atom. The minimum Gasteiger partial charge on any atom is -0.309 e.